The van der Waals surface area contributed by atoms with Crippen molar-refractivity contribution in [2.45, 2.75) is 66.8 Å². The molecule has 0 aliphatic carbocycles. The molecule has 0 fully saturated rings. The van der Waals surface area contributed by atoms with Crippen molar-refractivity contribution in [3.05, 3.63) is 17.5 Å². The van der Waals surface area contributed by atoms with Crippen molar-refractivity contribution in [1.82, 2.24) is 15.1 Å². The summed E-state index contributed by atoms with van der Waals surface area (Å²) in [5, 5.41) is 8.21. The first-order valence-corrected chi connectivity index (χ1v) is 8.03. The Bertz CT molecular complexity index is 401. The van der Waals surface area contributed by atoms with Crippen molar-refractivity contribution >= 4 is 0 Å². The number of hydrogen-bond donors (Lipinski definition) is 1. The van der Waals surface area contributed by atoms with Gasteiger partial charge in [-0.05, 0) is 36.8 Å². The molecule has 1 aromatic heterocycles. The van der Waals surface area contributed by atoms with Crippen LogP contribution in [0, 0.1) is 11.3 Å². The Hall–Kier alpha value is -0.830. The van der Waals surface area contributed by atoms with Crippen molar-refractivity contribution in [2.75, 3.05) is 6.54 Å². The number of hydrogen-bond acceptors (Lipinski definition) is 2. The van der Waals surface area contributed by atoms with Gasteiger partial charge in [-0.15, -0.1) is 0 Å². The Balaban J connectivity index is 2.73. The fourth-order valence-electron chi connectivity index (χ4n) is 2.50. The van der Waals surface area contributed by atoms with Crippen molar-refractivity contribution in [3.63, 3.8) is 0 Å². The van der Waals surface area contributed by atoms with Crippen LogP contribution in [0.4, 0.5) is 0 Å². The molecular formula is C17H33N3. The van der Waals surface area contributed by atoms with Crippen LogP contribution in [0.15, 0.2) is 6.07 Å². The van der Waals surface area contributed by atoms with Gasteiger partial charge >= 0.3 is 0 Å². The van der Waals surface area contributed by atoms with Gasteiger partial charge in [0.1, 0.15) is 0 Å². The first-order valence-electron chi connectivity index (χ1n) is 8.03. The van der Waals surface area contributed by atoms with Crippen LogP contribution in [-0.2, 0) is 19.9 Å². The summed E-state index contributed by atoms with van der Waals surface area (Å²) in [5.41, 5.74) is 2.91. The average molecular weight is 279 g/mol. The Morgan fingerprint density at radius 1 is 1.30 bits per heavy atom. The summed E-state index contributed by atoms with van der Waals surface area (Å²) >= 11 is 0. The molecular weight excluding hydrogens is 246 g/mol. The Labute approximate surface area is 125 Å². The number of aromatic nitrogens is 2. The van der Waals surface area contributed by atoms with Crippen LogP contribution in [0.25, 0.3) is 0 Å². The minimum atomic E-state index is 0.370. The van der Waals surface area contributed by atoms with E-state index in [0.717, 1.165) is 19.4 Å². The van der Waals surface area contributed by atoms with Crippen LogP contribution in [0.2, 0.25) is 0 Å². The van der Waals surface area contributed by atoms with Gasteiger partial charge in [0.15, 0.2) is 0 Å². The molecule has 0 saturated heterocycles. The smallest absolute Gasteiger partial charge is 0.0624 e. The van der Waals surface area contributed by atoms with Crippen molar-refractivity contribution in [1.29, 1.82) is 0 Å². The zero-order chi connectivity index (χ0) is 15.3. The molecule has 1 heterocycles. The number of likely N-dealkylation sites (N-methyl/N-ethyl adjacent to an activating group) is 1. The summed E-state index contributed by atoms with van der Waals surface area (Å²) in [6.45, 7) is 14.7. The molecule has 116 valence electrons. The summed E-state index contributed by atoms with van der Waals surface area (Å²) in [6, 6.07) is 2.79. The summed E-state index contributed by atoms with van der Waals surface area (Å²) in [7, 11) is 2.06. The number of rotatable bonds is 7. The number of nitrogens with one attached hydrogen (secondary N) is 1. The van der Waals surface area contributed by atoms with E-state index in [1.54, 1.807) is 0 Å². The first kappa shape index (κ1) is 17.2. The standard InChI is InChI=1S/C17H33N3/c1-8-14-11-16(20(7)19-14)12-15(18-9-2)10-13(3)17(4,5)6/h11,13,15,18H,8-10,12H2,1-7H3. The SMILES string of the molecule is CCNC(Cc1cc(CC)nn1C)CC(C)C(C)(C)C. The second-order valence-electron chi connectivity index (χ2n) is 7.07. The summed E-state index contributed by atoms with van der Waals surface area (Å²) in [5.74, 6) is 0.699. The molecule has 3 nitrogen and oxygen atoms in total. The van der Waals surface area contributed by atoms with Gasteiger partial charge in [0, 0.05) is 25.2 Å². The molecule has 0 aliphatic heterocycles. The normalized spacial score (nSPS) is 15.3. The molecule has 0 saturated carbocycles. The van der Waals surface area contributed by atoms with Gasteiger partial charge in [0.2, 0.25) is 0 Å². The Morgan fingerprint density at radius 2 is 1.95 bits per heavy atom. The van der Waals surface area contributed by atoms with E-state index < -0.39 is 0 Å². The van der Waals surface area contributed by atoms with E-state index in [9.17, 15) is 0 Å². The van der Waals surface area contributed by atoms with Gasteiger partial charge in [-0.25, -0.2) is 0 Å². The second-order valence-corrected chi connectivity index (χ2v) is 7.07. The lowest BCUT2D eigenvalue weighted by molar-refractivity contribution is 0.222. The zero-order valence-corrected chi connectivity index (χ0v) is 14.5. The fraction of sp³-hybridized carbons (Fsp3) is 0.824. The highest BCUT2D eigenvalue weighted by atomic mass is 15.3. The van der Waals surface area contributed by atoms with Gasteiger partial charge in [0.25, 0.3) is 0 Å². The average Bonchev–Trinajstić information content (AvgIpc) is 2.69. The molecule has 2 atom stereocenters. The maximum Gasteiger partial charge on any atom is 0.0624 e. The maximum absolute atomic E-state index is 4.56. The predicted octanol–water partition coefficient (Wildman–Crippen LogP) is 3.58. The lowest BCUT2D eigenvalue weighted by Gasteiger charge is -2.31. The molecule has 20 heavy (non-hydrogen) atoms. The molecule has 0 spiro atoms. The zero-order valence-electron chi connectivity index (χ0n) is 14.5. The van der Waals surface area contributed by atoms with E-state index in [1.807, 2.05) is 4.68 Å². The molecule has 1 rings (SSSR count). The van der Waals surface area contributed by atoms with Gasteiger partial charge in [0.05, 0.1) is 5.69 Å². The van der Waals surface area contributed by atoms with Crippen LogP contribution in [-0.4, -0.2) is 22.4 Å². The van der Waals surface area contributed by atoms with Gasteiger partial charge in [-0.1, -0.05) is 41.5 Å². The van der Waals surface area contributed by atoms with Crippen LogP contribution >= 0.6 is 0 Å². The van der Waals surface area contributed by atoms with Crippen molar-refractivity contribution < 1.29 is 0 Å². The molecule has 1 N–H and O–H groups in total. The van der Waals surface area contributed by atoms with E-state index in [4.69, 9.17) is 0 Å². The third kappa shape index (κ3) is 4.93. The monoisotopic (exact) mass is 279 g/mol. The summed E-state index contributed by atoms with van der Waals surface area (Å²) < 4.78 is 2.05. The molecule has 0 radical (unpaired) electrons. The third-order valence-corrected chi connectivity index (χ3v) is 4.45. The van der Waals surface area contributed by atoms with Gasteiger partial charge in [-0.2, -0.15) is 5.10 Å². The summed E-state index contributed by atoms with van der Waals surface area (Å²) in [4.78, 5) is 0. The lowest BCUT2D eigenvalue weighted by atomic mass is 9.78. The molecule has 0 aliphatic rings. The quantitative estimate of drug-likeness (QED) is 0.827. The minimum absolute atomic E-state index is 0.370. The van der Waals surface area contributed by atoms with E-state index >= 15 is 0 Å². The number of aryl methyl sites for hydroxylation is 2. The molecule has 3 heteroatoms. The van der Waals surface area contributed by atoms with Crippen LogP contribution in [0.5, 0.6) is 0 Å². The van der Waals surface area contributed by atoms with E-state index in [0.29, 0.717) is 17.4 Å². The largest absolute Gasteiger partial charge is 0.314 e. The molecule has 0 amide bonds. The van der Waals surface area contributed by atoms with E-state index in [1.165, 1.54) is 17.8 Å². The minimum Gasteiger partial charge on any atom is -0.314 e. The second kappa shape index (κ2) is 7.26. The van der Waals surface area contributed by atoms with Crippen molar-refractivity contribution in [3.8, 4) is 0 Å². The van der Waals surface area contributed by atoms with Crippen molar-refractivity contribution in [2.24, 2.45) is 18.4 Å². The lowest BCUT2D eigenvalue weighted by Crippen LogP contribution is -2.35. The molecule has 0 bridgehead atoms. The van der Waals surface area contributed by atoms with E-state index in [2.05, 4.69) is 65.1 Å². The predicted molar refractivity (Wildman–Crippen MR) is 87.0 cm³/mol. The van der Waals surface area contributed by atoms with Crippen LogP contribution in [0.1, 0.15) is 59.4 Å². The molecule has 1 aromatic rings. The highest BCUT2D eigenvalue weighted by molar-refractivity contribution is 5.11. The summed E-state index contributed by atoms with van der Waals surface area (Å²) in [6.07, 6.45) is 3.29. The number of nitrogens with zero attached hydrogens (tertiary/aromatic N) is 2. The van der Waals surface area contributed by atoms with E-state index in [-0.39, 0.29) is 0 Å². The Morgan fingerprint density at radius 3 is 2.40 bits per heavy atom. The highest BCUT2D eigenvalue weighted by Crippen LogP contribution is 2.29. The van der Waals surface area contributed by atoms with Crippen LogP contribution in [0.3, 0.4) is 0 Å². The van der Waals surface area contributed by atoms with Gasteiger partial charge in [-0.3, -0.25) is 4.68 Å². The van der Waals surface area contributed by atoms with Gasteiger partial charge < -0.3 is 5.32 Å². The highest BCUT2D eigenvalue weighted by Gasteiger charge is 2.24. The maximum atomic E-state index is 4.56. The van der Waals surface area contributed by atoms with Crippen LogP contribution < -0.4 is 5.32 Å². The first-order chi connectivity index (χ1) is 9.27. The topological polar surface area (TPSA) is 29.9 Å². The fourth-order valence-corrected chi connectivity index (χ4v) is 2.50. The Kier molecular flexibility index (Phi) is 6.25. The molecule has 0 aromatic carbocycles. The third-order valence-electron chi connectivity index (χ3n) is 4.45. The molecule has 2 unspecified atom stereocenters.